The summed E-state index contributed by atoms with van der Waals surface area (Å²) in [6.45, 7) is 0. The van der Waals surface area contributed by atoms with E-state index in [9.17, 15) is 14.9 Å². The van der Waals surface area contributed by atoms with E-state index in [4.69, 9.17) is 21.1 Å². The minimum absolute atomic E-state index is 0.166. The van der Waals surface area contributed by atoms with Gasteiger partial charge in [-0.3, -0.25) is 10.1 Å². The minimum atomic E-state index is -0.627. The van der Waals surface area contributed by atoms with Crippen molar-refractivity contribution in [1.82, 2.24) is 0 Å². The summed E-state index contributed by atoms with van der Waals surface area (Å²) in [6, 6.07) is 10.2. The number of halogens is 2. The van der Waals surface area contributed by atoms with Crippen LogP contribution in [0.5, 0.6) is 11.5 Å². The average Bonchev–Trinajstić information content (AvgIpc) is 2.61. The molecule has 0 saturated heterocycles. The second kappa shape index (κ2) is 9.17. The van der Waals surface area contributed by atoms with Gasteiger partial charge in [0.15, 0.2) is 11.5 Å². The largest absolute Gasteiger partial charge is 0.493 e. The number of methoxy groups -OCH3 is 1. The summed E-state index contributed by atoms with van der Waals surface area (Å²) in [4.78, 5) is 21.9. The van der Waals surface area contributed by atoms with Crippen LogP contribution in [0.15, 0.2) is 53.1 Å². The fourth-order valence-electron chi connectivity index (χ4n) is 1.98. The number of carbonyl (C=O) groups excluding carboxylic acids is 1. The molecule has 0 heterocycles. The molecule has 0 aromatic heterocycles. The van der Waals surface area contributed by atoms with Gasteiger partial charge in [0.25, 0.3) is 0 Å². The molecule has 0 radical (unpaired) electrons. The summed E-state index contributed by atoms with van der Waals surface area (Å²) < 4.78 is 10.9. The van der Waals surface area contributed by atoms with Crippen LogP contribution < -0.4 is 9.47 Å². The first-order valence-corrected chi connectivity index (χ1v) is 8.41. The summed E-state index contributed by atoms with van der Waals surface area (Å²) in [5, 5.41) is 10.9. The van der Waals surface area contributed by atoms with Crippen molar-refractivity contribution in [2.45, 2.75) is 0 Å². The van der Waals surface area contributed by atoms with Crippen LogP contribution in [-0.2, 0) is 4.79 Å². The highest BCUT2D eigenvalue weighted by atomic mass is 79.9. The lowest BCUT2D eigenvalue weighted by Gasteiger charge is -2.11. The monoisotopic (exact) mass is 437 g/mol. The maximum atomic E-state index is 12.1. The first kappa shape index (κ1) is 19.7. The molecule has 6 nitrogen and oxygen atoms in total. The Morgan fingerprint density at radius 1 is 1.27 bits per heavy atom. The van der Waals surface area contributed by atoms with Gasteiger partial charge in [-0.25, -0.2) is 4.79 Å². The number of ether oxygens (including phenoxy) is 2. The molecule has 0 aliphatic carbocycles. The number of benzene rings is 2. The van der Waals surface area contributed by atoms with Crippen molar-refractivity contribution in [2.24, 2.45) is 0 Å². The third-order valence-corrected chi connectivity index (χ3v) is 4.08. The second-order valence-electron chi connectivity index (χ2n) is 4.91. The highest BCUT2D eigenvalue weighted by Gasteiger charge is 2.14. The average molecular weight is 439 g/mol. The van der Waals surface area contributed by atoms with Crippen molar-refractivity contribution in [3.63, 3.8) is 0 Å². The molecule has 26 heavy (non-hydrogen) atoms. The maximum Gasteiger partial charge on any atom is 0.336 e. The molecule has 2 rings (SSSR count). The van der Waals surface area contributed by atoms with Crippen LogP contribution >= 0.6 is 27.5 Å². The van der Waals surface area contributed by atoms with Crippen LogP contribution in [0.1, 0.15) is 11.1 Å². The van der Waals surface area contributed by atoms with Crippen LogP contribution in [0, 0.1) is 10.1 Å². The maximum absolute atomic E-state index is 12.1. The minimum Gasteiger partial charge on any atom is -0.493 e. The van der Waals surface area contributed by atoms with Crippen molar-refractivity contribution in [3.8, 4) is 11.5 Å². The standard InChI is InChI=1S/C18H13BrClNO5/c1-25-16-11-12(8-9-21(23)24)10-14(19)18(16)26-17(22)7-6-13-4-2-3-5-15(13)20/h2-11H,1H3/b7-6+,9-8+. The normalized spacial score (nSPS) is 11.0. The zero-order valence-corrected chi connectivity index (χ0v) is 15.9. The molecule has 0 atom stereocenters. The Labute approximate surface area is 163 Å². The van der Waals surface area contributed by atoms with E-state index in [1.165, 1.54) is 25.3 Å². The number of esters is 1. The predicted octanol–water partition coefficient (Wildman–Crippen LogP) is 4.98. The molecular formula is C18H13BrClNO5. The van der Waals surface area contributed by atoms with Crippen LogP contribution in [0.4, 0.5) is 0 Å². The Bertz CT molecular complexity index is 895. The molecule has 0 bridgehead atoms. The highest BCUT2D eigenvalue weighted by molar-refractivity contribution is 9.10. The molecule has 0 spiro atoms. The van der Waals surface area contributed by atoms with Crippen molar-refractivity contribution in [2.75, 3.05) is 7.11 Å². The Kier molecular flexibility index (Phi) is 6.94. The molecule has 0 amide bonds. The molecule has 0 saturated carbocycles. The lowest BCUT2D eigenvalue weighted by molar-refractivity contribution is -0.400. The molecule has 2 aromatic rings. The topological polar surface area (TPSA) is 78.7 Å². The first-order valence-electron chi connectivity index (χ1n) is 7.24. The van der Waals surface area contributed by atoms with E-state index >= 15 is 0 Å². The number of nitro groups is 1. The molecule has 0 aliphatic heterocycles. The first-order chi connectivity index (χ1) is 12.4. The molecule has 134 valence electrons. The Morgan fingerprint density at radius 2 is 2.00 bits per heavy atom. The van der Waals surface area contributed by atoms with Gasteiger partial charge in [-0.15, -0.1) is 0 Å². The Hall–Kier alpha value is -2.64. The van der Waals surface area contributed by atoms with Gasteiger partial charge < -0.3 is 9.47 Å². The van der Waals surface area contributed by atoms with Gasteiger partial charge in [0.05, 0.1) is 16.5 Å². The summed E-state index contributed by atoms with van der Waals surface area (Å²) in [6.07, 6.45) is 4.89. The lowest BCUT2D eigenvalue weighted by Crippen LogP contribution is -2.06. The lowest BCUT2D eigenvalue weighted by atomic mass is 10.2. The predicted molar refractivity (Wildman–Crippen MR) is 103 cm³/mol. The summed E-state index contributed by atoms with van der Waals surface area (Å²) in [5.74, 6) is -0.209. The smallest absolute Gasteiger partial charge is 0.336 e. The molecule has 0 aliphatic rings. The van der Waals surface area contributed by atoms with Crippen LogP contribution in [-0.4, -0.2) is 18.0 Å². The van der Waals surface area contributed by atoms with Crippen LogP contribution in [0.2, 0.25) is 5.02 Å². The van der Waals surface area contributed by atoms with E-state index < -0.39 is 10.9 Å². The molecular weight excluding hydrogens is 426 g/mol. The van der Waals surface area contributed by atoms with Gasteiger partial charge >= 0.3 is 5.97 Å². The molecule has 0 fully saturated rings. The van der Waals surface area contributed by atoms with Gasteiger partial charge in [0, 0.05) is 17.2 Å². The summed E-state index contributed by atoms with van der Waals surface area (Å²) >= 11 is 9.30. The number of carbonyl (C=O) groups is 1. The Balaban J connectivity index is 2.21. The summed E-state index contributed by atoms with van der Waals surface area (Å²) in [7, 11) is 1.40. The van der Waals surface area contributed by atoms with E-state index in [1.54, 1.807) is 36.4 Å². The quantitative estimate of drug-likeness (QED) is 0.209. The van der Waals surface area contributed by atoms with Crippen molar-refractivity contribution >= 4 is 45.7 Å². The van der Waals surface area contributed by atoms with E-state index in [-0.39, 0.29) is 11.5 Å². The molecule has 0 N–H and O–H groups in total. The van der Waals surface area contributed by atoms with Gasteiger partial charge in [-0.1, -0.05) is 29.8 Å². The van der Waals surface area contributed by atoms with E-state index in [0.29, 0.717) is 20.6 Å². The fourth-order valence-corrected chi connectivity index (χ4v) is 2.72. The SMILES string of the molecule is COc1cc(/C=C/[N+](=O)[O-])cc(Br)c1OC(=O)/C=C/c1ccccc1Cl. The molecule has 0 unspecified atom stereocenters. The Morgan fingerprint density at radius 3 is 2.65 bits per heavy atom. The van der Waals surface area contributed by atoms with Gasteiger partial charge in [-0.05, 0) is 51.3 Å². The number of hydrogen-bond donors (Lipinski definition) is 0. The third-order valence-electron chi connectivity index (χ3n) is 3.15. The highest BCUT2D eigenvalue weighted by Crippen LogP contribution is 2.37. The number of nitrogens with zero attached hydrogens (tertiary/aromatic N) is 1. The van der Waals surface area contributed by atoms with E-state index in [0.717, 1.165) is 6.20 Å². The molecule has 2 aromatic carbocycles. The van der Waals surface area contributed by atoms with E-state index in [1.807, 2.05) is 0 Å². The van der Waals surface area contributed by atoms with E-state index in [2.05, 4.69) is 15.9 Å². The van der Waals surface area contributed by atoms with Gasteiger partial charge in [0.1, 0.15) is 0 Å². The molecule has 8 heteroatoms. The van der Waals surface area contributed by atoms with Crippen molar-refractivity contribution in [1.29, 1.82) is 0 Å². The van der Waals surface area contributed by atoms with Crippen molar-refractivity contribution < 1.29 is 19.2 Å². The second-order valence-corrected chi connectivity index (χ2v) is 6.17. The zero-order chi connectivity index (χ0) is 19.1. The van der Waals surface area contributed by atoms with Gasteiger partial charge in [-0.2, -0.15) is 0 Å². The van der Waals surface area contributed by atoms with Crippen molar-refractivity contribution in [3.05, 3.63) is 79.4 Å². The van der Waals surface area contributed by atoms with Crippen LogP contribution in [0.25, 0.3) is 12.2 Å². The summed E-state index contributed by atoms with van der Waals surface area (Å²) in [5.41, 5.74) is 1.19. The number of hydrogen-bond acceptors (Lipinski definition) is 5. The number of rotatable bonds is 6. The van der Waals surface area contributed by atoms with Gasteiger partial charge in [0.2, 0.25) is 6.20 Å². The van der Waals surface area contributed by atoms with Crippen LogP contribution in [0.3, 0.4) is 0 Å². The zero-order valence-electron chi connectivity index (χ0n) is 13.5. The third kappa shape index (κ3) is 5.44. The fraction of sp³-hybridized carbons (Fsp3) is 0.0556.